The summed E-state index contributed by atoms with van der Waals surface area (Å²) in [5.74, 6) is -1.63. The number of hydrogen-bond acceptors (Lipinski definition) is 4. The number of aryl methyl sites for hydroxylation is 1. The molecule has 0 bridgehead atoms. The first kappa shape index (κ1) is 30.3. The van der Waals surface area contributed by atoms with Crippen LogP contribution in [0.2, 0.25) is 0 Å². The van der Waals surface area contributed by atoms with Gasteiger partial charge in [0.15, 0.2) is 0 Å². The van der Waals surface area contributed by atoms with E-state index in [-0.39, 0.29) is 22.7 Å². The second kappa shape index (κ2) is 12.3. The van der Waals surface area contributed by atoms with Gasteiger partial charge in [-0.3, -0.25) is 13.9 Å². The first-order valence-electron chi connectivity index (χ1n) is 12.4. The first-order chi connectivity index (χ1) is 18.2. The van der Waals surface area contributed by atoms with Crippen LogP contribution in [0.25, 0.3) is 0 Å². The van der Waals surface area contributed by atoms with Gasteiger partial charge in [0.1, 0.15) is 18.4 Å². The number of sulfonamides is 1. The van der Waals surface area contributed by atoms with Crippen molar-refractivity contribution in [1.29, 1.82) is 0 Å². The maximum atomic E-state index is 14.6. The number of carbonyl (C=O) groups excluding carboxylic acids is 2. The SMILES string of the molecule is Cc1ccc(S(=O)(=O)N(CC(=O)N(Cc2ccccc2F)[C@H](C)C(=O)NC(C)(C)C)c2ccc(Br)cc2)cc1. The predicted octanol–water partition coefficient (Wildman–Crippen LogP) is 5.42. The summed E-state index contributed by atoms with van der Waals surface area (Å²) in [6.07, 6.45) is 0. The van der Waals surface area contributed by atoms with Gasteiger partial charge in [-0.2, -0.15) is 0 Å². The monoisotopic (exact) mass is 617 g/mol. The summed E-state index contributed by atoms with van der Waals surface area (Å²) < 4.78 is 43.9. The van der Waals surface area contributed by atoms with Crippen molar-refractivity contribution >= 4 is 43.5 Å². The Bertz CT molecular complexity index is 1420. The van der Waals surface area contributed by atoms with Gasteiger partial charge in [-0.1, -0.05) is 51.8 Å². The summed E-state index contributed by atoms with van der Waals surface area (Å²) in [6, 6.07) is 17.8. The minimum Gasteiger partial charge on any atom is -0.350 e. The molecule has 0 aliphatic rings. The summed E-state index contributed by atoms with van der Waals surface area (Å²) >= 11 is 3.35. The molecule has 39 heavy (non-hydrogen) atoms. The molecule has 208 valence electrons. The Labute approximate surface area is 238 Å². The number of amides is 2. The van der Waals surface area contributed by atoms with Crippen molar-refractivity contribution in [1.82, 2.24) is 10.2 Å². The average molecular weight is 619 g/mol. The smallest absolute Gasteiger partial charge is 0.264 e. The molecular weight excluding hydrogens is 585 g/mol. The quantitative estimate of drug-likeness (QED) is 0.347. The molecule has 0 aromatic heterocycles. The number of benzene rings is 3. The van der Waals surface area contributed by atoms with Crippen molar-refractivity contribution in [3.05, 3.63) is 94.2 Å². The highest BCUT2D eigenvalue weighted by atomic mass is 79.9. The fourth-order valence-electron chi connectivity index (χ4n) is 3.84. The summed E-state index contributed by atoms with van der Waals surface area (Å²) in [5.41, 5.74) is 0.786. The van der Waals surface area contributed by atoms with Crippen molar-refractivity contribution in [3.8, 4) is 0 Å². The molecule has 0 radical (unpaired) electrons. The topological polar surface area (TPSA) is 86.8 Å². The largest absolute Gasteiger partial charge is 0.350 e. The molecule has 0 fully saturated rings. The Morgan fingerprint density at radius 1 is 0.974 bits per heavy atom. The lowest BCUT2D eigenvalue weighted by molar-refractivity contribution is -0.140. The zero-order valence-corrected chi connectivity index (χ0v) is 25.0. The van der Waals surface area contributed by atoms with Crippen LogP contribution in [0.15, 0.2) is 82.2 Å². The Morgan fingerprint density at radius 2 is 1.56 bits per heavy atom. The van der Waals surface area contributed by atoms with E-state index in [9.17, 15) is 22.4 Å². The molecule has 3 aromatic rings. The number of nitrogens with one attached hydrogen (secondary N) is 1. The van der Waals surface area contributed by atoms with Crippen molar-refractivity contribution in [2.75, 3.05) is 10.8 Å². The third kappa shape index (κ3) is 7.89. The molecule has 1 atom stereocenters. The fourth-order valence-corrected chi connectivity index (χ4v) is 5.52. The zero-order valence-electron chi connectivity index (χ0n) is 22.6. The van der Waals surface area contributed by atoms with E-state index in [1.807, 2.05) is 27.7 Å². The molecule has 0 heterocycles. The van der Waals surface area contributed by atoms with E-state index in [0.29, 0.717) is 0 Å². The van der Waals surface area contributed by atoms with E-state index < -0.39 is 45.8 Å². The van der Waals surface area contributed by atoms with Crippen LogP contribution in [0, 0.1) is 12.7 Å². The molecule has 0 unspecified atom stereocenters. The van der Waals surface area contributed by atoms with Crippen LogP contribution in [-0.4, -0.2) is 43.3 Å². The Hall–Kier alpha value is -3.24. The van der Waals surface area contributed by atoms with Gasteiger partial charge >= 0.3 is 0 Å². The maximum absolute atomic E-state index is 14.6. The summed E-state index contributed by atoms with van der Waals surface area (Å²) in [7, 11) is -4.17. The third-order valence-electron chi connectivity index (χ3n) is 5.97. The minimum absolute atomic E-state index is 0.0167. The van der Waals surface area contributed by atoms with Gasteiger partial charge in [0, 0.05) is 22.1 Å². The zero-order chi connectivity index (χ0) is 29.0. The number of halogens is 2. The lowest BCUT2D eigenvalue weighted by atomic mass is 10.1. The van der Waals surface area contributed by atoms with E-state index in [1.165, 1.54) is 42.2 Å². The van der Waals surface area contributed by atoms with Crippen LogP contribution in [-0.2, 0) is 26.2 Å². The van der Waals surface area contributed by atoms with E-state index >= 15 is 0 Å². The molecule has 0 saturated carbocycles. The molecule has 3 aromatic carbocycles. The van der Waals surface area contributed by atoms with E-state index in [1.54, 1.807) is 42.5 Å². The summed E-state index contributed by atoms with van der Waals surface area (Å²) in [4.78, 5) is 28.2. The molecule has 2 amide bonds. The standard InChI is InChI=1S/C29H33BrFN3O4S/c1-20-10-16-25(17-11-20)39(37,38)34(24-14-12-23(30)13-15-24)19-27(35)33(18-22-8-6-7-9-26(22)31)21(2)28(36)32-29(3,4)5/h6-17,21H,18-19H2,1-5H3,(H,32,36)/t21-/m1/s1. The van der Waals surface area contributed by atoms with Crippen LogP contribution >= 0.6 is 15.9 Å². The normalized spacial score (nSPS) is 12.5. The van der Waals surface area contributed by atoms with Crippen LogP contribution in [0.3, 0.4) is 0 Å². The second-order valence-electron chi connectivity index (χ2n) is 10.3. The highest BCUT2D eigenvalue weighted by Gasteiger charge is 2.33. The van der Waals surface area contributed by atoms with Crippen LogP contribution in [0.5, 0.6) is 0 Å². The molecule has 3 rings (SSSR count). The van der Waals surface area contributed by atoms with Crippen molar-refractivity contribution in [2.24, 2.45) is 0 Å². The van der Waals surface area contributed by atoms with Gasteiger partial charge in [-0.05, 0) is 77.1 Å². The molecule has 0 aliphatic carbocycles. The van der Waals surface area contributed by atoms with Crippen molar-refractivity contribution in [2.45, 2.75) is 57.6 Å². The minimum atomic E-state index is -4.17. The molecular formula is C29H33BrFN3O4S. The Balaban J connectivity index is 2.04. The van der Waals surface area contributed by atoms with Gasteiger partial charge in [-0.25, -0.2) is 12.8 Å². The molecule has 0 spiro atoms. The van der Waals surface area contributed by atoms with Crippen molar-refractivity contribution < 1.29 is 22.4 Å². The molecule has 1 N–H and O–H groups in total. The summed E-state index contributed by atoms with van der Waals surface area (Å²) in [6.45, 7) is 8.00. The number of nitrogens with zero attached hydrogens (tertiary/aromatic N) is 2. The fraction of sp³-hybridized carbons (Fsp3) is 0.310. The van der Waals surface area contributed by atoms with Crippen LogP contribution < -0.4 is 9.62 Å². The van der Waals surface area contributed by atoms with Gasteiger partial charge in [-0.15, -0.1) is 0 Å². The lowest BCUT2D eigenvalue weighted by Crippen LogP contribution is -2.54. The number of carbonyl (C=O) groups is 2. The molecule has 0 aliphatic heterocycles. The maximum Gasteiger partial charge on any atom is 0.264 e. The highest BCUT2D eigenvalue weighted by Crippen LogP contribution is 2.26. The molecule has 7 nitrogen and oxygen atoms in total. The van der Waals surface area contributed by atoms with Gasteiger partial charge in [0.05, 0.1) is 10.6 Å². The van der Waals surface area contributed by atoms with Gasteiger partial charge in [0.2, 0.25) is 11.8 Å². The van der Waals surface area contributed by atoms with E-state index in [2.05, 4.69) is 21.2 Å². The number of hydrogen-bond donors (Lipinski definition) is 1. The molecule has 10 heteroatoms. The Morgan fingerprint density at radius 3 is 2.13 bits per heavy atom. The Kier molecular flexibility index (Phi) is 9.55. The molecule has 0 saturated heterocycles. The van der Waals surface area contributed by atoms with E-state index in [0.717, 1.165) is 14.3 Å². The van der Waals surface area contributed by atoms with Crippen molar-refractivity contribution in [3.63, 3.8) is 0 Å². The van der Waals surface area contributed by atoms with Gasteiger partial charge in [0.25, 0.3) is 10.0 Å². The summed E-state index contributed by atoms with van der Waals surface area (Å²) in [5, 5.41) is 2.84. The number of rotatable bonds is 9. The van der Waals surface area contributed by atoms with Crippen LogP contribution in [0.4, 0.5) is 10.1 Å². The number of anilines is 1. The predicted molar refractivity (Wildman–Crippen MR) is 154 cm³/mol. The lowest BCUT2D eigenvalue weighted by Gasteiger charge is -2.33. The highest BCUT2D eigenvalue weighted by molar-refractivity contribution is 9.10. The second-order valence-corrected chi connectivity index (χ2v) is 13.1. The van der Waals surface area contributed by atoms with E-state index in [4.69, 9.17) is 0 Å². The third-order valence-corrected chi connectivity index (χ3v) is 8.28. The average Bonchev–Trinajstić information content (AvgIpc) is 2.86. The first-order valence-corrected chi connectivity index (χ1v) is 14.6. The van der Waals surface area contributed by atoms with Crippen LogP contribution in [0.1, 0.15) is 38.8 Å². The van der Waals surface area contributed by atoms with Gasteiger partial charge < -0.3 is 10.2 Å².